The fourth-order valence-corrected chi connectivity index (χ4v) is 3.72. The molecule has 0 aliphatic rings. The summed E-state index contributed by atoms with van der Waals surface area (Å²) in [5, 5.41) is 10.8. The average molecular weight is 679 g/mol. The fourth-order valence-electron chi connectivity index (χ4n) is 3.72. The molecule has 1 aromatic carbocycles. The lowest BCUT2D eigenvalue weighted by Crippen LogP contribution is -2.45. The molecule has 0 bridgehead atoms. The van der Waals surface area contributed by atoms with Gasteiger partial charge in [-0.3, -0.25) is 9.59 Å². The predicted molar refractivity (Wildman–Crippen MR) is 176 cm³/mol. The first-order valence-corrected chi connectivity index (χ1v) is 15.9. The third kappa shape index (κ3) is 20.2. The molecule has 0 fully saturated rings. The molecule has 2 rings (SSSR count). The van der Waals surface area contributed by atoms with Gasteiger partial charge in [-0.2, -0.15) is 4.98 Å². The summed E-state index contributed by atoms with van der Waals surface area (Å²) in [5.41, 5.74) is 13.3. The van der Waals surface area contributed by atoms with Crippen LogP contribution in [-0.4, -0.2) is 120 Å². The van der Waals surface area contributed by atoms with E-state index in [0.717, 1.165) is 11.1 Å². The largest absolute Gasteiger partial charge is 0.459 e. The highest BCUT2D eigenvalue weighted by Crippen LogP contribution is 2.09. The van der Waals surface area contributed by atoms with Gasteiger partial charge in [0, 0.05) is 39.0 Å². The molecule has 48 heavy (non-hydrogen) atoms. The number of nitrogens with one attached hydrogen (secondary N) is 4. The summed E-state index contributed by atoms with van der Waals surface area (Å²) in [6.07, 6.45) is 1.41. The molecule has 0 aliphatic carbocycles. The molecule has 1 unspecified atom stereocenters. The van der Waals surface area contributed by atoms with Gasteiger partial charge in [-0.15, -0.1) is 0 Å². The molecule has 268 valence electrons. The summed E-state index contributed by atoms with van der Waals surface area (Å²) in [5.74, 6) is -0.413. The first kappa shape index (κ1) is 40.0. The Morgan fingerprint density at radius 2 is 1.29 bits per heavy atom. The summed E-state index contributed by atoms with van der Waals surface area (Å²) >= 11 is 0. The van der Waals surface area contributed by atoms with Crippen LogP contribution < -0.4 is 37.5 Å². The highest BCUT2D eigenvalue weighted by atomic mass is 16.5. The third-order valence-electron chi connectivity index (χ3n) is 6.21. The zero-order valence-electron chi connectivity index (χ0n) is 27.6. The second-order valence-electron chi connectivity index (χ2n) is 10.1. The SMILES string of the molecule is CCOCCOCCNC(=O)CC(N)C(=O)NCCOCCOCCOCCNC(=O)NCc1ccc(COc2nccc(N)n2)cc1. The van der Waals surface area contributed by atoms with E-state index >= 15 is 0 Å². The van der Waals surface area contributed by atoms with Crippen LogP contribution in [-0.2, 0) is 46.4 Å². The second-order valence-corrected chi connectivity index (χ2v) is 10.1. The summed E-state index contributed by atoms with van der Waals surface area (Å²) in [4.78, 5) is 44.0. The van der Waals surface area contributed by atoms with Crippen molar-refractivity contribution in [3.05, 3.63) is 47.7 Å². The molecule has 17 nitrogen and oxygen atoms in total. The van der Waals surface area contributed by atoms with Gasteiger partial charge in [-0.1, -0.05) is 24.3 Å². The lowest BCUT2D eigenvalue weighted by atomic mass is 10.1. The molecule has 0 spiro atoms. The number of benzene rings is 1. The van der Waals surface area contributed by atoms with E-state index in [2.05, 4.69) is 31.2 Å². The summed E-state index contributed by atoms with van der Waals surface area (Å²) in [7, 11) is 0. The van der Waals surface area contributed by atoms with Crippen molar-refractivity contribution < 1.29 is 42.8 Å². The average Bonchev–Trinajstić information content (AvgIpc) is 3.08. The molecular formula is C31H50N8O9. The number of amides is 4. The lowest BCUT2D eigenvalue weighted by molar-refractivity contribution is -0.127. The van der Waals surface area contributed by atoms with Crippen molar-refractivity contribution in [2.75, 3.05) is 91.4 Å². The number of hydrogen-bond acceptors (Lipinski definition) is 13. The van der Waals surface area contributed by atoms with E-state index in [1.807, 2.05) is 31.2 Å². The van der Waals surface area contributed by atoms with Gasteiger partial charge in [-0.25, -0.2) is 9.78 Å². The molecule has 1 heterocycles. The maximum atomic E-state index is 12.1. The molecule has 1 atom stereocenters. The van der Waals surface area contributed by atoms with Crippen molar-refractivity contribution in [1.29, 1.82) is 0 Å². The van der Waals surface area contributed by atoms with E-state index in [1.165, 1.54) is 6.20 Å². The number of rotatable bonds is 27. The number of nitrogen functional groups attached to an aromatic ring is 1. The van der Waals surface area contributed by atoms with Crippen molar-refractivity contribution in [2.24, 2.45) is 5.73 Å². The van der Waals surface area contributed by atoms with Crippen LogP contribution in [0.2, 0.25) is 0 Å². The first-order valence-electron chi connectivity index (χ1n) is 15.9. The summed E-state index contributed by atoms with van der Waals surface area (Å²) in [6, 6.07) is 8.15. The van der Waals surface area contributed by atoms with E-state index in [-0.39, 0.29) is 37.5 Å². The van der Waals surface area contributed by atoms with Gasteiger partial charge in [0.05, 0.1) is 71.9 Å². The first-order chi connectivity index (χ1) is 23.4. The molecule has 0 aliphatic heterocycles. The van der Waals surface area contributed by atoms with E-state index < -0.39 is 11.9 Å². The Morgan fingerprint density at radius 1 is 0.729 bits per heavy atom. The minimum Gasteiger partial charge on any atom is -0.459 e. The Balaban J connectivity index is 1.35. The maximum absolute atomic E-state index is 12.1. The number of anilines is 1. The second kappa shape index (κ2) is 25.9. The Hall–Kier alpha value is -4.13. The predicted octanol–water partition coefficient (Wildman–Crippen LogP) is -0.510. The third-order valence-corrected chi connectivity index (χ3v) is 6.21. The van der Waals surface area contributed by atoms with Crippen LogP contribution in [0.4, 0.5) is 10.6 Å². The number of nitrogens with two attached hydrogens (primary N) is 2. The van der Waals surface area contributed by atoms with Crippen LogP contribution in [0.25, 0.3) is 0 Å². The van der Waals surface area contributed by atoms with Crippen molar-refractivity contribution in [3.63, 3.8) is 0 Å². The van der Waals surface area contributed by atoms with Gasteiger partial charge in [0.2, 0.25) is 11.8 Å². The van der Waals surface area contributed by atoms with Gasteiger partial charge < -0.3 is 61.2 Å². The van der Waals surface area contributed by atoms with Crippen LogP contribution in [0, 0.1) is 0 Å². The number of aromatic nitrogens is 2. The number of hydrogen-bond donors (Lipinski definition) is 6. The smallest absolute Gasteiger partial charge is 0.318 e. The molecular weight excluding hydrogens is 628 g/mol. The molecule has 0 saturated heterocycles. The van der Waals surface area contributed by atoms with Crippen molar-refractivity contribution in [3.8, 4) is 6.01 Å². The molecule has 8 N–H and O–H groups in total. The standard InChI is InChI=1S/C31H50N8O9/c1-2-43-15-16-44-12-9-34-28(40)21-26(32)29(41)35-10-13-45-17-19-47-20-18-46-14-11-36-30(42)38-22-24-3-5-25(6-4-24)23-48-31-37-8-7-27(33)39-31/h3-8,26H,2,9-23,32H2,1H3,(H,34,40)(H,35,41)(H2,33,37,39)(H2,36,38,42). The van der Waals surface area contributed by atoms with Gasteiger partial charge in [0.15, 0.2) is 0 Å². The summed E-state index contributed by atoms with van der Waals surface area (Å²) < 4.78 is 32.3. The van der Waals surface area contributed by atoms with Crippen LogP contribution >= 0.6 is 0 Å². The van der Waals surface area contributed by atoms with E-state index in [0.29, 0.717) is 91.5 Å². The molecule has 0 saturated carbocycles. The maximum Gasteiger partial charge on any atom is 0.318 e. The number of urea groups is 1. The molecule has 17 heteroatoms. The van der Waals surface area contributed by atoms with E-state index in [9.17, 15) is 14.4 Å². The molecule has 1 aromatic heterocycles. The minimum absolute atomic E-state index is 0.123. The van der Waals surface area contributed by atoms with Crippen LogP contribution in [0.3, 0.4) is 0 Å². The number of carbonyl (C=O) groups excluding carboxylic acids is 3. The topological polar surface area (TPSA) is 233 Å². The quantitative estimate of drug-likeness (QED) is 0.0655. The Bertz CT molecular complexity index is 1180. The van der Waals surface area contributed by atoms with Gasteiger partial charge in [-0.05, 0) is 24.1 Å². The Kier molecular flexibility index (Phi) is 21.6. The van der Waals surface area contributed by atoms with Gasteiger partial charge in [0.1, 0.15) is 12.4 Å². The lowest BCUT2D eigenvalue weighted by Gasteiger charge is -2.13. The number of ether oxygens (including phenoxy) is 6. The van der Waals surface area contributed by atoms with Crippen molar-refractivity contribution in [2.45, 2.75) is 32.5 Å². The molecule has 4 amide bonds. The van der Waals surface area contributed by atoms with E-state index in [4.69, 9.17) is 39.9 Å². The summed E-state index contributed by atoms with van der Waals surface area (Å²) in [6.45, 7) is 7.51. The van der Waals surface area contributed by atoms with Crippen LogP contribution in [0.15, 0.2) is 36.5 Å². The monoisotopic (exact) mass is 678 g/mol. The number of nitrogens with zero attached hydrogens (tertiary/aromatic N) is 2. The van der Waals surface area contributed by atoms with Crippen molar-refractivity contribution >= 4 is 23.7 Å². The van der Waals surface area contributed by atoms with Crippen molar-refractivity contribution in [1.82, 2.24) is 31.2 Å². The van der Waals surface area contributed by atoms with E-state index in [1.54, 1.807) is 6.07 Å². The molecule has 0 radical (unpaired) electrons. The zero-order chi connectivity index (χ0) is 34.7. The zero-order valence-corrected chi connectivity index (χ0v) is 27.6. The highest BCUT2D eigenvalue weighted by Gasteiger charge is 2.16. The Morgan fingerprint density at radius 3 is 1.92 bits per heavy atom. The molecule has 2 aromatic rings. The fraction of sp³-hybridized carbons (Fsp3) is 0.581. The van der Waals surface area contributed by atoms with Crippen LogP contribution in [0.1, 0.15) is 24.5 Å². The minimum atomic E-state index is -0.953. The highest BCUT2D eigenvalue weighted by molar-refractivity contribution is 5.88. The van der Waals surface area contributed by atoms with Gasteiger partial charge in [0.25, 0.3) is 0 Å². The number of carbonyl (C=O) groups is 3. The van der Waals surface area contributed by atoms with Gasteiger partial charge >= 0.3 is 12.0 Å². The Labute approximate surface area is 281 Å². The normalized spacial score (nSPS) is 11.5. The van der Waals surface area contributed by atoms with Crippen LogP contribution in [0.5, 0.6) is 6.01 Å².